The van der Waals surface area contributed by atoms with Crippen molar-refractivity contribution in [2.24, 2.45) is 5.92 Å². The molecule has 1 aromatic heterocycles. The normalized spacial score (nSPS) is 23.5. The van der Waals surface area contributed by atoms with Crippen LogP contribution in [0.4, 0.5) is 4.39 Å². The molecule has 22 heavy (non-hydrogen) atoms. The molecule has 120 valence electrons. The Labute approximate surface area is 129 Å². The van der Waals surface area contributed by atoms with E-state index in [9.17, 15) is 9.18 Å². The summed E-state index contributed by atoms with van der Waals surface area (Å²) in [5.41, 5.74) is -0.335. The van der Waals surface area contributed by atoms with Crippen LogP contribution in [-0.2, 0) is 9.53 Å². The molecule has 6 heteroatoms. The molecule has 2 aliphatic heterocycles. The maximum Gasteiger partial charge on any atom is 0.250 e. The van der Waals surface area contributed by atoms with E-state index in [1.165, 1.54) is 18.3 Å². The highest BCUT2D eigenvalue weighted by Crippen LogP contribution is 2.36. The average Bonchev–Trinajstić information content (AvgIpc) is 2.46. The monoisotopic (exact) mass is 308 g/mol. The van der Waals surface area contributed by atoms with Crippen LogP contribution in [0.3, 0.4) is 0 Å². The second-order valence-corrected chi connectivity index (χ2v) is 6.40. The van der Waals surface area contributed by atoms with Crippen molar-refractivity contribution in [3.05, 3.63) is 24.1 Å². The smallest absolute Gasteiger partial charge is 0.250 e. The van der Waals surface area contributed by atoms with E-state index in [1.54, 1.807) is 0 Å². The van der Waals surface area contributed by atoms with Crippen molar-refractivity contribution in [2.45, 2.75) is 38.4 Å². The molecule has 3 rings (SSSR count). The van der Waals surface area contributed by atoms with Crippen LogP contribution in [0.1, 0.15) is 26.7 Å². The quantitative estimate of drug-likeness (QED) is 0.857. The second kappa shape index (κ2) is 5.83. The molecule has 5 nitrogen and oxygen atoms in total. The molecule has 3 heterocycles. The molecular formula is C16H21FN2O3. The molecule has 1 aromatic rings. The maximum atomic E-state index is 13.6. The van der Waals surface area contributed by atoms with E-state index in [-0.39, 0.29) is 29.4 Å². The van der Waals surface area contributed by atoms with Crippen molar-refractivity contribution in [2.75, 3.05) is 19.7 Å². The van der Waals surface area contributed by atoms with Gasteiger partial charge >= 0.3 is 0 Å². The van der Waals surface area contributed by atoms with Crippen molar-refractivity contribution in [1.29, 1.82) is 0 Å². The van der Waals surface area contributed by atoms with Crippen LogP contribution in [-0.4, -0.2) is 47.2 Å². The number of rotatable bonds is 3. The van der Waals surface area contributed by atoms with E-state index in [2.05, 4.69) is 4.98 Å². The number of amides is 1. The number of hydrogen-bond acceptors (Lipinski definition) is 4. The highest BCUT2D eigenvalue weighted by molar-refractivity contribution is 5.79. The largest absolute Gasteiger partial charge is 0.472 e. The zero-order valence-electron chi connectivity index (χ0n) is 12.9. The minimum atomic E-state index is -0.451. The number of carbonyl (C=O) groups excluding carboxylic acids is 1. The highest BCUT2D eigenvalue weighted by atomic mass is 19.1. The number of halogens is 1. The molecule has 0 N–H and O–H groups in total. The molecule has 1 atom stereocenters. The van der Waals surface area contributed by atoms with Gasteiger partial charge in [0.05, 0.1) is 19.7 Å². The summed E-state index contributed by atoms with van der Waals surface area (Å²) in [4.78, 5) is 17.7. The van der Waals surface area contributed by atoms with Crippen LogP contribution >= 0.6 is 0 Å². The predicted octanol–water partition coefficient (Wildman–Crippen LogP) is 2.02. The van der Waals surface area contributed by atoms with Gasteiger partial charge in [-0.25, -0.2) is 9.37 Å². The Morgan fingerprint density at radius 3 is 3.00 bits per heavy atom. The number of likely N-dealkylation sites (tertiary alicyclic amines) is 1. The van der Waals surface area contributed by atoms with Crippen LogP contribution in [0, 0.1) is 11.7 Å². The van der Waals surface area contributed by atoms with E-state index >= 15 is 0 Å². The van der Waals surface area contributed by atoms with Gasteiger partial charge in [-0.2, -0.15) is 0 Å². The maximum absolute atomic E-state index is 13.6. The van der Waals surface area contributed by atoms with Crippen molar-refractivity contribution in [1.82, 2.24) is 9.88 Å². The Balaban J connectivity index is 1.59. The van der Waals surface area contributed by atoms with E-state index < -0.39 is 5.82 Å². The van der Waals surface area contributed by atoms with Gasteiger partial charge < -0.3 is 14.4 Å². The lowest BCUT2D eigenvalue weighted by Gasteiger charge is -2.53. The van der Waals surface area contributed by atoms with Crippen molar-refractivity contribution < 1.29 is 18.7 Å². The fourth-order valence-corrected chi connectivity index (χ4v) is 3.09. The molecular weight excluding hydrogens is 287 g/mol. The van der Waals surface area contributed by atoms with Gasteiger partial charge in [0.25, 0.3) is 5.88 Å². The number of carbonyl (C=O) groups is 1. The second-order valence-electron chi connectivity index (χ2n) is 6.40. The summed E-state index contributed by atoms with van der Waals surface area (Å²) < 4.78 is 25.2. The molecule has 1 spiro atoms. The zero-order valence-corrected chi connectivity index (χ0v) is 12.9. The van der Waals surface area contributed by atoms with E-state index in [0.29, 0.717) is 32.5 Å². The topological polar surface area (TPSA) is 51.7 Å². The van der Waals surface area contributed by atoms with Crippen LogP contribution in [0.5, 0.6) is 5.88 Å². The summed E-state index contributed by atoms with van der Waals surface area (Å²) in [6.45, 7) is 5.53. The average molecular weight is 308 g/mol. The van der Waals surface area contributed by atoms with Gasteiger partial charge in [0.1, 0.15) is 11.7 Å². The number of hydrogen-bond donors (Lipinski definition) is 0. The highest BCUT2D eigenvalue weighted by Gasteiger charge is 2.50. The van der Waals surface area contributed by atoms with Crippen LogP contribution in [0.2, 0.25) is 0 Å². The van der Waals surface area contributed by atoms with Gasteiger partial charge in [-0.15, -0.1) is 0 Å². The zero-order chi connectivity index (χ0) is 15.7. The van der Waals surface area contributed by atoms with Crippen molar-refractivity contribution in [3.63, 3.8) is 0 Å². The number of nitrogens with zero attached hydrogens (tertiary/aromatic N) is 2. The van der Waals surface area contributed by atoms with Gasteiger partial charge in [0.15, 0.2) is 5.82 Å². The lowest BCUT2D eigenvalue weighted by atomic mass is 9.84. The Kier molecular flexibility index (Phi) is 4.04. The SMILES string of the molecule is CC(C)C(=O)N1CC2(CC(Oc3ncccc3F)CCO2)C1. The Hall–Kier alpha value is -1.69. The Morgan fingerprint density at radius 1 is 1.55 bits per heavy atom. The number of pyridine rings is 1. The van der Waals surface area contributed by atoms with Crippen LogP contribution in [0.15, 0.2) is 18.3 Å². The first kappa shape index (κ1) is 15.2. The number of ether oxygens (including phenoxy) is 2. The first-order valence-corrected chi connectivity index (χ1v) is 7.69. The lowest BCUT2D eigenvalue weighted by Crippen LogP contribution is -2.68. The van der Waals surface area contributed by atoms with Gasteiger partial charge in [0.2, 0.25) is 5.91 Å². The summed E-state index contributed by atoms with van der Waals surface area (Å²) in [6.07, 6.45) is 2.75. The summed E-state index contributed by atoms with van der Waals surface area (Å²) in [5, 5.41) is 0. The third-order valence-corrected chi connectivity index (χ3v) is 4.21. The first-order valence-electron chi connectivity index (χ1n) is 7.69. The Morgan fingerprint density at radius 2 is 2.32 bits per heavy atom. The third-order valence-electron chi connectivity index (χ3n) is 4.21. The molecule has 2 fully saturated rings. The molecule has 0 saturated carbocycles. The fourth-order valence-electron chi connectivity index (χ4n) is 3.09. The fraction of sp³-hybridized carbons (Fsp3) is 0.625. The lowest BCUT2D eigenvalue weighted by molar-refractivity contribution is -0.195. The van der Waals surface area contributed by atoms with Gasteiger partial charge in [-0.3, -0.25) is 4.79 Å². The number of aromatic nitrogens is 1. The standard InChI is InChI=1S/C16H21FN2O3/c1-11(2)15(20)19-9-16(10-19)8-12(5-7-21-16)22-14-13(17)4-3-6-18-14/h3-4,6,11-12H,5,7-10H2,1-2H3. The minimum Gasteiger partial charge on any atom is -0.472 e. The van der Waals surface area contributed by atoms with Crippen LogP contribution < -0.4 is 4.74 Å². The van der Waals surface area contributed by atoms with Gasteiger partial charge in [-0.1, -0.05) is 13.8 Å². The summed E-state index contributed by atoms with van der Waals surface area (Å²) in [6, 6.07) is 2.87. The minimum absolute atomic E-state index is 0.00407. The molecule has 1 unspecified atom stereocenters. The Bertz CT molecular complexity index is 558. The van der Waals surface area contributed by atoms with Gasteiger partial charge in [0, 0.05) is 25.0 Å². The molecule has 0 aliphatic carbocycles. The molecule has 0 aromatic carbocycles. The molecule has 2 saturated heterocycles. The van der Waals surface area contributed by atoms with E-state index in [4.69, 9.17) is 9.47 Å². The molecule has 0 bridgehead atoms. The van der Waals surface area contributed by atoms with Crippen LogP contribution in [0.25, 0.3) is 0 Å². The van der Waals surface area contributed by atoms with E-state index in [0.717, 1.165) is 0 Å². The first-order chi connectivity index (χ1) is 10.5. The predicted molar refractivity (Wildman–Crippen MR) is 77.9 cm³/mol. The third kappa shape index (κ3) is 2.92. The van der Waals surface area contributed by atoms with E-state index in [1.807, 2.05) is 18.7 Å². The molecule has 2 aliphatic rings. The summed E-state index contributed by atoms with van der Waals surface area (Å²) in [7, 11) is 0. The van der Waals surface area contributed by atoms with Crippen molar-refractivity contribution in [3.8, 4) is 5.88 Å². The van der Waals surface area contributed by atoms with Gasteiger partial charge in [-0.05, 0) is 12.1 Å². The van der Waals surface area contributed by atoms with Crippen molar-refractivity contribution >= 4 is 5.91 Å². The molecule has 0 radical (unpaired) electrons. The summed E-state index contributed by atoms with van der Waals surface area (Å²) >= 11 is 0. The molecule has 1 amide bonds. The summed E-state index contributed by atoms with van der Waals surface area (Å²) in [5.74, 6) is -0.268.